The van der Waals surface area contributed by atoms with Crippen molar-refractivity contribution in [1.29, 1.82) is 0 Å². The van der Waals surface area contributed by atoms with Crippen molar-refractivity contribution in [2.75, 3.05) is 19.4 Å². The number of aromatic nitrogens is 1. The molecule has 0 aliphatic carbocycles. The second kappa shape index (κ2) is 7.55. The van der Waals surface area contributed by atoms with E-state index in [1.165, 1.54) is 0 Å². The van der Waals surface area contributed by atoms with E-state index < -0.39 is 0 Å². The fourth-order valence-corrected chi connectivity index (χ4v) is 2.57. The molecule has 3 rings (SSSR count). The molecule has 0 aliphatic heterocycles. The van der Waals surface area contributed by atoms with E-state index in [9.17, 15) is 4.79 Å². The van der Waals surface area contributed by atoms with Crippen LogP contribution in [0, 0.1) is 0 Å². The van der Waals surface area contributed by atoms with Crippen molar-refractivity contribution in [1.82, 2.24) is 15.4 Å². The lowest BCUT2D eigenvalue weighted by Crippen LogP contribution is -2.28. The Balaban J connectivity index is 1.65. The van der Waals surface area contributed by atoms with Crippen molar-refractivity contribution in [2.24, 2.45) is 0 Å². The van der Waals surface area contributed by atoms with Gasteiger partial charge in [0.05, 0.1) is 0 Å². The minimum absolute atomic E-state index is 0.278. The fourth-order valence-electron chi connectivity index (χ4n) is 2.44. The van der Waals surface area contributed by atoms with Gasteiger partial charge in [0.15, 0.2) is 5.58 Å². The normalized spacial score (nSPS) is 11.0. The Morgan fingerprint density at radius 1 is 1.20 bits per heavy atom. The van der Waals surface area contributed by atoms with Crippen molar-refractivity contribution < 1.29 is 9.32 Å². The van der Waals surface area contributed by atoms with Crippen LogP contribution in [0.2, 0.25) is 5.02 Å². The molecule has 1 aromatic heterocycles. The van der Waals surface area contributed by atoms with Crippen molar-refractivity contribution in [3.8, 4) is 0 Å². The molecule has 7 heteroatoms. The summed E-state index contributed by atoms with van der Waals surface area (Å²) in [5.41, 5.74) is 3.20. The molecule has 0 saturated carbocycles. The zero-order valence-electron chi connectivity index (χ0n) is 14.0. The molecule has 0 bridgehead atoms. The summed E-state index contributed by atoms with van der Waals surface area (Å²) in [6.45, 7) is 1.09. The number of halogens is 1. The average molecular weight is 359 g/mol. The standard InChI is InChI=1S/C18H19ClN4O2/c1-23(2)11-16-15-9-14(7-8-17(15)25-22-16)21-18(24)20-10-12-3-5-13(19)6-4-12/h3-9H,10-11H2,1-2H3,(H2,20,21,24). The minimum atomic E-state index is -0.278. The van der Waals surface area contributed by atoms with Gasteiger partial charge in [-0.05, 0) is 50.0 Å². The number of urea groups is 1. The molecule has 0 radical (unpaired) electrons. The van der Waals surface area contributed by atoms with Crippen LogP contribution in [0.25, 0.3) is 11.0 Å². The van der Waals surface area contributed by atoms with Crippen LogP contribution in [0.1, 0.15) is 11.3 Å². The molecule has 1 heterocycles. The highest BCUT2D eigenvalue weighted by atomic mass is 35.5. The first kappa shape index (κ1) is 17.3. The van der Waals surface area contributed by atoms with Gasteiger partial charge in [-0.2, -0.15) is 0 Å². The lowest BCUT2D eigenvalue weighted by Gasteiger charge is -2.09. The molecular formula is C18H19ClN4O2. The number of benzene rings is 2. The number of fused-ring (bicyclic) bond motifs is 1. The third kappa shape index (κ3) is 4.49. The summed E-state index contributed by atoms with van der Waals surface area (Å²) in [5.74, 6) is 0. The lowest BCUT2D eigenvalue weighted by molar-refractivity contribution is 0.251. The number of anilines is 1. The fraction of sp³-hybridized carbons (Fsp3) is 0.222. The van der Waals surface area contributed by atoms with E-state index in [0.29, 0.717) is 29.4 Å². The first-order valence-electron chi connectivity index (χ1n) is 7.83. The van der Waals surface area contributed by atoms with Gasteiger partial charge >= 0.3 is 6.03 Å². The Bertz CT molecular complexity index is 874. The Morgan fingerprint density at radius 3 is 2.68 bits per heavy atom. The maximum atomic E-state index is 12.1. The molecule has 0 fully saturated rings. The first-order chi connectivity index (χ1) is 12.0. The van der Waals surface area contributed by atoms with Gasteiger partial charge in [-0.3, -0.25) is 0 Å². The smallest absolute Gasteiger partial charge is 0.319 e. The number of carbonyl (C=O) groups is 1. The largest absolute Gasteiger partial charge is 0.356 e. The molecule has 0 saturated heterocycles. The third-order valence-corrected chi connectivity index (χ3v) is 3.89. The molecule has 25 heavy (non-hydrogen) atoms. The topological polar surface area (TPSA) is 70.4 Å². The molecule has 6 nitrogen and oxygen atoms in total. The van der Waals surface area contributed by atoms with Crippen LogP contribution in [-0.2, 0) is 13.1 Å². The number of amides is 2. The van der Waals surface area contributed by atoms with E-state index in [1.54, 1.807) is 24.3 Å². The maximum Gasteiger partial charge on any atom is 0.319 e. The van der Waals surface area contributed by atoms with Crippen LogP contribution < -0.4 is 10.6 Å². The van der Waals surface area contributed by atoms with Gasteiger partial charge in [-0.15, -0.1) is 0 Å². The maximum absolute atomic E-state index is 12.1. The van der Waals surface area contributed by atoms with E-state index in [2.05, 4.69) is 15.8 Å². The predicted molar refractivity (Wildman–Crippen MR) is 98.7 cm³/mol. The number of rotatable bonds is 5. The van der Waals surface area contributed by atoms with Gasteiger partial charge in [0, 0.05) is 29.2 Å². The SMILES string of the molecule is CN(C)Cc1noc2ccc(NC(=O)NCc3ccc(Cl)cc3)cc12. The van der Waals surface area contributed by atoms with Gasteiger partial charge in [0.2, 0.25) is 0 Å². The zero-order chi connectivity index (χ0) is 17.8. The molecule has 130 valence electrons. The van der Waals surface area contributed by atoms with E-state index in [0.717, 1.165) is 16.6 Å². The van der Waals surface area contributed by atoms with E-state index in [-0.39, 0.29) is 6.03 Å². The molecule has 2 N–H and O–H groups in total. The van der Waals surface area contributed by atoms with Crippen LogP contribution in [-0.4, -0.2) is 30.2 Å². The van der Waals surface area contributed by atoms with E-state index in [1.807, 2.05) is 37.2 Å². The van der Waals surface area contributed by atoms with Gasteiger partial charge in [-0.25, -0.2) is 4.79 Å². The van der Waals surface area contributed by atoms with Crippen molar-refractivity contribution in [3.63, 3.8) is 0 Å². The van der Waals surface area contributed by atoms with Crippen LogP contribution in [0.5, 0.6) is 0 Å². The first-order valence-corrected chi connectivity index (χ1v) is 8.21. The van der Waals surface area contributed by atoms with Crippen LogP contribution >= 0.6 is 11.6 Å². The van der Waals surface area contributed by atoms with Gasteiger partial charge in [-0.1, -0.05) is 28.9 Å². The highest BCUT2D eigenvalue weighted by molar-refractivity contribution is 6.30. The monoisotopic (exact) mass is 358 g/mol. The Morgan fingerprint density at radius 2 is 1.96 bits per heavy atom. The highest BCUT2D eigenvalue weighted by Crippen LogP contribution is 2.23. The van der Waals surface area contributed by atoms with E-state index >= 15 is 0 Å². The van der Waals surface area contributed by atoms with Crippen LogP contribution in [0.3, 0.4) is 0 Å². The second-order valence-corrected chi connectivity index (χ2v) is 6.45. The van der Waals surface area contributed by atoms with Crippen molar-refractivity contribution in [3.05, 3.63) is 58.7 Å². The molecule has 3 aromatic rings. The summed E-state index contributed by atoms with van der Waals surface area (Å²) in [6, 6.07) is 12.5. The van der Waals surface area contributed by atoms with Gasteiger partial charge in [0.25, 0.3) is 0 Å². The molecule has 0 spiro atoms. The summed E-state index contributed by atoms with van der Waals surface area (Å²) in [4.78, 5) is 14.1. The predicted octanol–water partition coefficient (Wildman–Crippen LogP) is 3.86. The van der Waals surface area contributed by atoms with Crippen molar-refractivity contribution >= 4 is 34.3 Å². The molecular weight excluding hydrogens is 340 g/mol. The summed E-state index contributed by atoms with van der Waals surface area (Å²) >= 11 is 5.85. The molecule has 0 aliphatic rings. The third-order valence-electron chi connectivity index (χ3n) is 3.63. The Labute approximate surface area is 150 Å². The average Bonchev–Trinajstić information content (AvgIpc) is 2.96. The molecule has 0 atom stereocenters. The molecule has 2 amide bonds. The highest BCUT2D eigenvalue weighted by Gasteiger charge is 2.11. The minimum Gasteiger partial charge on any atom is -0.356 e. The Hall–Kier alpha value is -2.57. The van der Waals surface area contributed by atoms with Gasteiger partial charge < -0.3 is 20.1 Å². The van der Waals surface area contributed by atoms with E-state index in [4.69, 9.17) is 16.1 Å². The van der Waals surface area contributed by atoms with Crippen LogP contribution in [0.15, 0.2) is 47.0 Å². The molecule has 2 aromatic carbocycles. The number of nitrogens with one attached hydrogen (secondary N) is 2. The lowest BCUT2D eigenvalue weighted by atomic mass is 10.2. The summed E-state index contributed by atoms with van der Waals surface area (Å²) in [6.07, 6.45) is 0. The summed E-state index contributed by atoms with van der Waals surface area (Å²) < 4.78 is 5.31. The second-order valence-electron chi connectivity index (χ2n) is 6.01. The van der Waals surface area contributed by atoms with Gasteiger partial charge in [0.1, 0.15) is 5.69 Å². The Kier molecular flexibility index (Phi) is 5.21. The summed E-state index contributed by atoms with van der Waals surface area (Å²) in [7, 11) is 3.93. The quantitative estimate of drug-likeness (QED) is 0.726. The number of carbonyl (C=O) groups excluding carboxylic acids is 1. The number of hydrogen-bond donors (Lipinski definition) is 2. The zero-order valence-corrected chi connectivity index (χ0v) is 14.8. The molecule has 0 unspecified atom stereocenters. The number of hydrogen-bond acceptors (Lipinski definition) is 4. The van der Waals surface area contributed by atoms with Crippen molar-refractivity contribution in [2.45, 2.75) is 13.1 Å². The van der Waals surface area contributed by atoms with Crippen LogP contribution in [0.4, 0.5) is 10.5 Å². The number of nitrogens with zero attached hydrogens (tertiary/aromatic N) is 2. The summed E-state index contributed by atoms with van der Waals surface area (Å²) in [5, 5.41) is 11.3.